The topological polar surface area (TPSA) is 127 Å². The molecule has 4 N–H and O–H groups in total. The molecule has 194 valence electrons. The molecule has 0 aliphatic heterocycles. The van der Waals surface area contributed by atoms with E-state index in [2.05, 4.69) is 20.6 Å². The number of carbonyl (C=O) groups is 1. The first-order valence-corrected chi connectivity index (χ1v) is 12.7. The van der Waals surface area contributed by atoms with Crippen molar-refractivity contribution in [3.63, 3.8) is 0 Å². The van der Waals surface area contributed by atoms with Crippen molar-refractivity contribution in [2.24, 2.45) is 10.7 Å². The number of aromatic nitrogens is 3. The maximum atomic E-state index is 13.2. The van der Waals surface area contributed by atoms with Gasteiger partial charge in [-0.05, 0) is 68.3 Å². The maximum Gasteiger partial charge on any atom is 0.293 e. The highest BCUT2D eigenvalue weighted by Gasteiger charge is 2.27. The third kappa shape index (κ3) is 5.72. The number of ether oxygens (including phenoxy) is 1. The normalized spacial score (nSPS) is 17.7. The molecule has 0 unspecified atom stereocenters. The highest BCUT2D eigenvalue weighted by atomic mass is 16.5. The standard InChI is InChI=1S/C29H31N7O2/c1-18-7-12-23-22(17-18)27(36-28(34-23)29(37)32-20-8-10-21(38-2)11-9-20)35-25-6-4-3-5-24(25)33-26(30)19-13-15-31-16-14-19/h7-17,24-25H,3-6H2,1-2H3,(H2,30,33)(H,32,37)(H,34,35,36)/t24-,25+/m1/s1. The number of amidine groups is 1. The Bertz CT molecular complexity index is 1460. The zero-order valence-corrected chi connectivity index (χ0v) is 21.5. The molecule has 5 rings (SSSR count). The molecule has 1 saturated carbocycles. The molecule has 2 atom stereocenters. The van der Waals surface area contributed by atoms with Gasteiger partial charge in [0.2, 0.25) is 5.82 Å². The third-order valence-corrected chi connectivity index (χ3v) is 6.73. The lowest BCUT2D eigenvalue weighted by atomic mass is 9.90. The van der Waals surface area contributed by atoms with Crippen molar-refractivity contribution < 1.29 is 9.53 Å². The van der Waals surface area contributed by atoms with Crippen LogP contribution in [0.3, 0.4) is 0 Å². The first-order chi connectivity index (χ1) is 18.5. The highest BCUT2D eigenvalue weighted by Crippen LogP contribution is 2.28. The van der Waals surface area contributed by atoms with Crippen molar-refractivity contribution >= 4 is 34.2 Å². The van der Waals surface area contributed by atoms with Gasteiger partial charge in [-0.25, -0.2) is 9.97 Å². The summed E-state index contributed by atoms with van der Waals surface area (Å²) in [5.41, 5.74) is 9.62. The summed E-state index contributed by atoms with van der Waals surface area (Å²) in [4.78, 5) is 31.4. The van der Waals surface area contributed by atoms with Gasteiger partial charge in [0.15, 0.2) is 0 Å². The second-order valence-electron chi connectivity index (χ2n) is 9.45. The molecule has 2 aromatic carbocycles. The molecule has 0 saturated heterocycles. The molecule has 4 aromatic rings. The van der Waals surface area contributed by atoms with E-state index in [0.717, 1.165) is 42.2 Å². The lowest BCUT2D eigenvalue weighted by Crippen LogP contribution is -2.37. The van der Waals surface area contributed by atoms with Gasteiger partial charge in [-0.1, -0.05) is 24.5 Å². The Morgan fingerprint density at radius 1 is 1.03 bits per heavy atom. The molecular weight excluding hydrogens is 478 g/mol. The van der Waals surface area contributed by atoms with Gasteiger partial charge >= 0.3 is 0 Å². The van der Waals surface area contributed by atoms with E-state index in [0.29, 0.717) is 28.6 Å². The fraction of sp³-hybridized carbons (Fsp3) is 0.276. The number of anilines is 2. The SMILES string of the molecule is COc1ccc(NC(=O)c2nc(N[C@H]3CCCC[C@H]3N=C(N)c3ccncc3)c3cc(C)ccc3n2)cc1. The van der Waals surface area contributed by atoms with E-state index in [9.17, 15) is 4.79 Å². The summed E-state index contributed by atoms with van der Waals surface area (Å²) >= 11 is 0. The number of hydrogen-bond acceptors (Lipinski definition) is 7. The van der Waals surface area contributed by atoms with Crippen molar-refractivity contribution in [1.29, 1.82) is 0 Å². The molecule has 1 aliphatic carbocycles. The lowest BCUT2D eigenvalue weighted by Gasteiger charge is -2.30. The Labute approximate surface area is 221 Å². The fourth-order valence-electron chi connectivity index (χ4n) is 4.70. The minimum absolute atomic E-state index is 0.0141. The Morgan fingerprint density at radius 2 is 1.79 bits per heavy atom. The summed E-state index contributed by atoms with van der Waals surface area (Å²) < 4.78 is 5.20. The number of aliphatic imine (C=N–C) groups is 1. The van der Waals surface area contributed by atoms with Crippen LogP contribution in [0.4, 0.5) is 11.5 Å². The van der Waals surface area contributed by atoms with Gasteiger partial charge in [0.25, 0.3) is 5.91 Å². The summed E-state index contributed by atoms with van der Waals surface area (Å²) in [6.45, 7) is 2.02. The zero-order valence-electron chi connectivity index (χ0n) is 21.5. The molecule has 1 amide bonds. The molecule has 0 spiro atoms. The van der Waals surface area contributed by atoms with Gasteiger partial charge in [0, 0.05) is 35.1 Å². The summed E-state index contributed by atoms with van der Waals surface area (Å²) in [5, 5.41) is 7.35. The van der Waals surface area contributed by atoms with Crippen LogP contribution >= 0.6 is 0 Å². The number of pyridine rings is 1. The van der Waals surface area contributed by atoms with Gasteiger partial charge in [-0.3, -0.25) is 14.8 Å². The number of hydrogen-bond donors (Lipinski definition) is 3. The van der Waals surface area contributed by atoms with E-state index >= 15 is 0 Å². The number of rotatable bonds is 7. The first kappa shape index (κ1) is 25.1. The number of nitrogens with one attached hydrogen (secondary N) is 2. The van der Waals surface area contributed by atoms with Crippen LogP contribution in [0.25, 0.3) is 10.9 Å². The minimum Gasteiger partial charge on any atom is -0.497 e. The second-order valence-corrected chi connectivity index (χ2v) is 9.45. The van der Waals surface area contributed by atoms with Crippen molar-refractivity contribution in [3.05, 3.63) is 83.9 Å². The first-order valence-electron chi connectivity index (χ1n) is 12.7. The van der Waals surface area contributed by atoms with Gasteiger partial charge in [-0.15, -0.1) is 0 Å². The molecule has 1 fully saturated rings. The van der Waals surface area contributed by atoms with Crippen LogP contribution in [0, 0.1) is 6.92 Å². The van der Waals surface area contributed by atoms with Gasteiger partial charge in [0.05, 0.1) is 18.7 Å². The molecule has 0 bridgehead atoms. The average Bonchev–Trinajstić information content (AvgIpc) is 2.95. The van der Waals surface area contributed by atoms with Crippen LogP contribution < -0.4 is 21.1 Å². The second kappa shape index (κ2) is 11.2. The summed E-state index contributed by atoms with van der Waals surface area (Å²) in [6, 6.07) is 16.8. The number of carbonyl (C=O) groups excluding carboxylic acids is 1. The summed E-state index contributed by atoms with van der Waals surface area (Å²) in [5.74, 6) is 1.52. The number of aryl methyl sites for hydroxylation is 1. The molecule has 0 radical (unpaired) electrons. The Hall–Kier alpha value is -4.53. The van der Waals surface area contributed by atoms with Crippen LogP contribution in [0.2, 0.25) is 0 Å². The molecule has 38 heavy (non-hydrogen) atoms. The average molecular weight is 510 g/mol. The van der Waals surface area contributed by atoms with E-state index in [1.165, 1.54) is 0 Å². The largest absolute Gasteiger partial charge is 0.497 e. The third-order valence-electron chi connectivity index (χ3n) is 6.73. The molecule has 9 nitrogen and oxygen atoms in total. The minimum atomic E-state index is -0.388. The van der Waals surface area contributed by atoms with E-state index in [-0.39, 0.29) is 23.8 Å². The molecule has 2 heterocycles. The molecule has 9 heteroatoms. The van der Waals surface area contributed by atoms with Crippen LogP contribution in [0.5, 0.6) is 5.75 Å². The maximum absolute atomic E-state index is 13.2. The Kier molecular flexibility index (Phi) is 7.44. The smallest absolute Gasteiger partial charge is 0.293 e. The number of benzene rings is 2. The van der Waals surface area contributed by atoms with E-state index in [4.69, 9.17) is 20.4 Å². The van der Waals surface area contributed by atoms with Gasteiger partial charge in [0.1, 0.15) is 17.4 Å². The number of amides is 1. The Balaban J connectivity index is 1.45. The van der Waals surface area contributed by atoms with Crippen molar-refractivity contribution in [2.45, 2.75) is 44.7 Å². The number of nitrogens with zero attached hydrogens (tertiary/aromatic N) is 4. The number of methoxy groups -OCH3 is 1. The van der Waals surface area contributed by atoms with Crippen LogP contribution in [0.15, 0.2) is 72.0 Å². The quantitative estimate of drug-likeness (QED) is 0.243. The predicted octanol–water partition coefficient (Wildman–Crippen LogP) is 4.72. The van der Waals surface area contributed by atoms with Crippen LogP contribution in [-0.2, 0) is 0 Å². The van der Waals surface area contributed by atoms with E-state index in [1.54, 1.807) is 43.8 Å². The van der Waals surface area contributed by atoms with Crippen LogP contribution in [-0.4, -0.2) is 45.9 Å². The summed E-state index contributed by atoms with van der Waals surface area (Å²) in [7, 11) is 1.60. The predicted molar refractivity (Wildman–Crippen MR) is 150 cm³/mol. The monoisotopic (exact) mass is 509 g/mol. The Morgan fingerprint density at radius 3 is 2.55 bits per heavy atom. The zero-order chi connectivity index (χ0) is 26.5. The highest BCUT2D eigenvalue weighted by molar-refractivity contribution is 6.04. The fourth-order valence-corrected chi connectivity index (χ4v) is 4.70. The van der Waals surface area contributed by atoms with Crippen molar-refractivity contribution in [3.8, 4) is 5.75 Å². The van der Waals surface area contributed by atoms with Gasteiger partial charge in [-0.2, -0.15) is 0 Å². The number of fused-ring (bicyclic) bond motifs is 1. The van der Waals surface area contributed by atoms with E-state index in [1.807, 2.05) is 37.3 Å². The van der Waals surface area contributed by atoms with E-state index < -0.39 is 0 Å². The molecule has 2 aromatic heterocycles. The van der Waals surface area contributed by atoms with Crippen LogP contribution in [0.1, 0.15) is 47.4 Å². The van der Waals surface area contributed by atoms with Crippen molar-refractivity contribution in [1.82, 2.24) is 15.0 Å². The van der Waals surface area contributed by atoms with Crippen molar-refractivity contribution in [2.75, 3.05) is 17.7 Å². The number of nitrogens with two attached hydrogens (primary N) is 1. The lowest BCUT2D eigenvalue weighted by molar-refractivity contribution is 0.101. The molecule has 1 aliphatic rings. The van der Waals surface area contributed by atoms with Gasteiger partial charge < -0.3 is 21.1 Å². The molecular formula is C29H31N7O2. The summed E-state index contributed by atoms with van der Waals surface area (Å²) in [6.07, 6.45) is 7.41.